The van der Waals surface area contributed by atoms with E-state index in [1.165, 1.54) is 5.56 Å². The zero-order valence-electron chi connectivity index (χ0n) is 11.4. The lowest BCUT2D eigenvalue weighted by atomic mass is 10.0. The summed E-state index contributed by atoms with van der Waals surface area (Å²) in [4.78, 5) is 4.47. The van der Waals surface area contributed by atoms with Gasteiger partial charge < -0.3 is 9.88 Å². The van der Waals surface area contributed by atoms with Gasteiger partial charge in [-0.3, -0.25) is 0 Å². The van der Waals surface area contributed by atoms with Crippen molar-refractivity contribution >= 4 is 15.9 Å². The van der Waals surface area contributed by atoms with E-state index < -0.39 is 0 Å². The van der Waals surface area contributed by atoms with Crippen molar-refractivity contribution in [2.24, 2.45) is 7.05 Å². The van der Waals surface area contributed by atoms with E-state index in [2.05, 4.69) is 63.6 Å². The van der Waals surface area contributed by atoms with Crippen LogP contribution in [0.4, 0.5) is 0 Å². The molecule has 19 heavy (non-hydrogen) atoms. The highest BCUT2D eigenvalue weighted by molar-refractivity contribution is 9.10. The van der Waals surface area contributed by atoms with Crippen LogP contribution in [0.5, 0.6) is 0 Å². The molecule has 2 rings (SSSR count). The quantitative estimate of drug-likeness (QED) is 0.883. The van der Waals surface area contributed by atoms with Crippen molar-refractivity contribution in [2.75, 3.05) is 6.54 Å². The molecule has 0 amide bonds. The Balaban J connectivity index is 2.11. The molecule has 1 unspecified atom stereocenters. The minimum atomic E-state index is 0.280. The van der Waals surface area contributed by atoms with Crippen LogP contribution >= 0.6 is 15.9 Å². The van der Waals surface area contributed by atoms with Crippen LogP contribution in [0.2, 0.25) is 0 Å². The van der Waals surface area contributed by atoms with Crippen LogP contribution < -0.4 is 5.32 Å². The molecule has 4 heteroatoms. The van der Waals surface area contributed by atoms with Crippen molar-refractivity contribution < 1.29 is 0 Å². The smallest absolute Gasteiger partial charge is 0.0947 e. The Morgan fingerprint density at radius 1 is 1.32 bits per heavy atom. The van der Waals surface area contributed by atoms with Crippen LogP contribution in [0.3, 0.4) is 0 Å². The highest BCUT2D eigenvalue weighted by atomic mass is 79.9. The topological polar surface area (TPSA) is 29.9 Å². The fourth-order valence-corrected chi connectivity index (χ4v) is 2.33. The highest BCUT2D eigenvalue weighted by Gasteiger charge is 2.13. The second-order valence-electron chi connectivity index (χ2n) is 4.80. The fraction of sp³-hybridized carbons (Fsp3) is 0.400. The van der Waals surface area contributed by atoms with E-state index in [9.17, 15) is 0 Å². The number of rotatable bonds is 6. The molecule has 0 spiro atoms. The predicted octanol–water partition coefficient (Wildman–Crippen LogP) is 3.47. The highest BCUT2D eigenvalue weighted by Crippen LogP contribution is 2.18. The summed E-state index contributed by atoms with van der Waals surface area (Å²) in [5, 5.41) is 3.57. The fourth-order valence-electron chi connectivity index (χ4n) is 2.07. The molecule has 0 aliphatic carbocycles. The van der Waals surface area contributed by atoms with E-state index in [1.807, 2.05) is 17.9 Å². The first-order valence-corrected chi connectivity index (χ1v) is 7.44. The van der Waals surface area contributed by atoms with Gasteiger partial charge in [0.2, 0.25) is 0 Å². The molecule has 0 aliphatic rings. The molecule has 0 fully saturated rings. The first-order chi connectivity index (χ1) is 9.19. The van der Waals surface area contributed by atoms with Gasteiger partial charge in [-0.2, -0.15) is 0 Å². The minimum Gasteiger partial charge on any atom is -0.340 e. The lowest BCUT2D eigenvalue weighted by Gasteiger charge is -2.16. The third kappa shape index (κ3) is 4.18. The minimum absolute atomic E-state index is 0.280. The summed E-state index contributed by atoms with van der Waals surface area (Å²) < 4.78 is 3.12. The van der Waals surface area contributed by atoms with Gasteiger partial charge in [-0.1, -0.05) is 35.0 Å². The lowest BCUT2D eigenvalue weighted by Crippen LogP contribution is -2.24. The second kappa shape index (κ2) is 6.87. The third-order valence-corrected chi connectivity index (χ3v) is 3.60. The molecule has 1 aromatic heterocycles. The Hall–Kier alpha value is -1.13. The van der Waals surface area contributed by atoms with Crippen molar-refractivity contribution in [3.05, 3.63) is 52.5 Å². The predicted molar refractivity (Wildman–Crippen MR) is 82.1 cm³/mol. The van der Waals surface area contributed by atoms with Gasteiger partial charge >= 0.3 is 0 Å². The summed E-state index contributed by atoms with van der Waals surface area (Å²) >= 11 is 3.47. The maximum absolute atomic E-state index is 4.47. The van der Waals surface area contributed by atoms with Gasteiger partial charge in [0, 0.05) is 17.7 Å². The largest absolute Gasteiger partial charge is 0.340 e. The van der Waals surface area contributed by atoms with Gasteiger partial charge in [-0.25, -0.2) is 4.98 Å². The number of hydrogen-bond acceptors (Lipinski definition) is 2. The van der Waals surface area contributed by atoms with E-state index >= 15 is 0 Å². The number of aryl methyl sites for hydroxylation is 1. The molecule has 0 radical (unpaired) electrons. The third-order valence-electron chi connectivity index (χ3n) is 3.08. The number of benzene rings is 1. The van der Waals surface area contributed by atoms with Crippen molar-refractivity contribution in [3.63, 3.8) is 0 Å². The molecule has 2 aromatic rings. The van der Waals surface area contributed by atoms with E-state index in [4.69, 9.17) is 0 Å². The molecular formula is C15H20BrN3. The monoisotopic (exact) mass is 321 g/mol. The summed E-state index contributed by atoms with van der Waals surface area (Å²) in [6, 6.07) is 8.78. The van der Waals surface area contributed by atoms with Crippen LogP contribution in [0.25, 0.3) is 0 Å². The van der Waals surface area contributed by atoms with Crippen LogP contribution in [0, 0.1) is 0 Å². The van der Waals surface area contributed by atoms with Crippen LogP contribution in [-0.4, -0.2) is 16.1 Å². The van der Waals surface area contributed by atoms with Crippen molar-refractivity contribution in [2.45, 2.75) is 25.8 Å². The molecule has 0 saturated heterocycles. The standard InChI is InChI=1S/C15H20BrN3/c1-3-8-17-14(15-10-19(2)11-18-15)9-12-4-6-13(16)7-5-12/h4-7,10-11,14,17H,3,8-9H2,1-2H3. The average molecular weight is 322 g/mol. The zero-order chi connectivity index (χ0) is 13.7. The van der Waals surface area contributed by atoms with Crippen molar-refractivity contribution in [1.82, 2.24) is 14.9 Å². The molecule has 1 atom stereocenters. The summed E-state index contributed by atoms with van der Waals surface area (Å²) in [5.41, 5.74) is 2.43. The molecule has 0 aliphatic heterocycles. The van der Waals surface area contributed by atoms with E-state index in [1.54, 1.807) is 0 Å². The van der Waals surface area contributed by atoms with E-state index in [0.29, 0.717) is 0 Å². The van der Waals surface area contributed by atoms with Gasteiger partial charge in [-0.05, 0) is 37.1 Å². The van der Waals surface area contributed by atoms with Gasteiger partial charge in [0.05, 0.1) is 18.1 Å². The Morgan fingerprint density at radius 3 is 2.63 bits per heavy atom. The second-order valence-corrected chi connectivity index (χ2v) is 5.72. The van der Waals surface area contributed by atoms with Crippen molar-refractivity contribution in [3.8, 4) is 0 Å². The van der Waals surface area contributed by atoms with Gasteiger partial charge in [0.15, 0.2) is 0 Å². The number of imidazole rings is 1. The maximum Gasteiger partial charge on any atom is 0.0947 e. The van der Waals surface area contributed by atoms with Crippen molar-refractivity contribution in [1.29, 1.82) is 0 Å². The van der Waals surface area contributed by atoms with Crippen LogP contribution in [-0.2, 0) is 13.5 Å². The van der Waals surface area contributed by atoms with Gasteiger partial charge in [-0.15, -0.1) is 0 Å². The molecule has 1 N–H and O–H groups in total. The number of hydrogen-bond donors (Lipinski definition) is 1. The average Bonchev–Trinajstić information content (AvgIpc) is 2.83. The summed E-state index contributed by atoms with van der Waals surface area (Å²) in [7, 11) is 2.01. The van der Waals surface area contributed by atoms with Crippen LogP contribution in [0.15, 0.2) is 41.3 Å². The van der Waals surface area contributed by atoms with E-state index in [0.717, 1.165) is 29.6 Å². The van der Waals surface area contributed by atoms with E-state index in [-0.39, 0.29) is 6.04 Å². The Bertz CT molecular complexity index is 504. The molecule has 1 heterocycles. The summed E-state index contributed by atoms with van der Waals surface area (Å²) in [6.45, 7) is 3.19. The Morgan fingerprint density at radius 2 is 2.05 bits per heavy atom. The Kier molecular flexibility index (Phi) is 5.16. The summed E-state index contributed by atoms with van der Waals surface area (Å²) in [5.74, 6) is 0. The first kappa shape index (κ1) is 14.3. The normalized spacial score (nSPS) is 12.6. The molecule has 1 aromatic carbocycles. The number of nitrogens with one attached hydrogen (secondary N) is 1. The molecule has 102 valence electrons. The number of halogens is 1. The Labute approximate surface area is 123 Å². The SMILES string of the molecule is CCCNC(Cc1ccc(Br)cc1)c1cn(C)cn1. The van der Waals surface area contributed by atoms with Crippen LogP contribution in [0.1, 0.15) is 30.6 Å². The lowest BCUT2D eigenvalue weighted by molar-refractivity contribution is 0.519. The first-order valence-electron chi connectivity index (χ1n) is 6.64. The zero-order valence-corrected chi connectivity index (χ0v) is 13.0. The summed E-state index contributed by atoms with van der Waals surface area (Å²) in [6.07, 6.45) is 6.04. The number of nitrogens with zero attached hydrogens (tertiary/aromatic N) is 2. The molecule has 3 nitrogen and oxygen atoms in total. The molecule has 0 bridgehead atoms. The number of aromatic nitrogens is 2. The maximum atomic E-state index is 4.47. The molecule has 0 saturated carbocycles. The van der Waals surface area contributed by atoms with Gasteiger partial charge in [0.25, 0.3) is 0 Å². The van der Waals surface area contributed by atoms with Gasteiger partial charge in [0.1, 0.15) is 0 Å². The molecular weight excluding hydrogens is 302 g/mol.